The second-order valence-electron chi connectivity index (χ2n) is 3.98. The van der Waals surface area contributed by atoms with Gasteiger partial charge in [0.25, 0.3) is 0 Å². The van der Waals surface area contributed by atoms with Crippen molar-refractivity contribution in [2.24, 2.45) is 0 Å². The predicted molar refractivity (Wildman–Crippen MR) is 65.8 cm³/mol. The van der Waals surface area contributed by atoms with Gasteiger partial charge in [0, 0.05) is 25.1 Å². The molecule has 100 valence electrons. The van der Waals surface area contributed by atoms with Crippen molar-refractivity contribution in [3.63, 3.8) is 0 Å². The summed E-state index contributed by atoms with van der Waals surface area (Å²) in [4.78, 5) is 11.0. The Hall–Kier alpha value is -1.62. The van der Waals surface area contributed by atoms with Crippen molar-refractivity contribution in [2.75, 3.05) is 13.7 Å². The van der Waals surface area contributed by atoms with E-state index in [9.17, 15) is 14.3 Å². The SMILES string of the molecule is CNC(=O)CCCOc1cc(F)ccc1[C@@H](C)O. The van der Waals surface area contributed by atoms with Crippen molar-refractivity contribution < 1.29 is 19.0 Å². The summed E-state index contributed by atoms with van der Waals surface area (Å²) in [5.41, 5.74) is 0.538. The Balaban J connectivity index is 2.55. The molecule has 5 heteroatoms. The van der Waals surface area contributed by atoms with E-state index in [1.54, 1.807) is 14.0 Å². The van der Waals surface area contributed by atoms with E-state index in [1.165, 1.54) is 18.2 Å². The number of aliphatic hydroxyl groups excluding tert-OH is 1. The molecule has 0 saturated heterocycles. The molecule has 0 radical (unpaired) electrons. The van der Waals surface area contributed by atoms with Gasteiger partial charge in [0.05, 0.1) is 12.7 Å². The molecule has 1 rings (SSSR count). The molecule has 0 spiro atoms. The molecular weight excluding hydrogens is 237 g/mol. The van der Waals surface area contributed by atoms with Crippen LogP contribution in [-0.2, 0) is 4.79 Å². The van der Waals surface area contributed by atoms with E-state index in [0.29, 0.717) is 30.8 Å². The molecule has 0 aliphatic heterocycles. The minimum Gasteiger partial charge on any atom is -0.493 e. The van der Waals surface area contributed by atoms with Gasteiger partial charge in [-0.3, -0.25) is 4.79 Å². The van der Waals surface area contributed by atoms with Crippen molar-refractivity contribution in [3.05, 3.63) is 29.6 Å². The Morgan fingerprint density at radius 2 is 2.28 bits per heavy atom. The van der Waals surface area contributed by atoms with Crippen LogP contribution in [0, 0.1) is 5.82 Å². The highest BCUT2D eigenvalue weighted by Gasteiger charge is 2.10. The van der Waals surface area contributed by atoms with E-state index in [-0.39, 0.29) is 5.91 Å². The smallest absolute Gasteiger partial charge is 0.219 e. The highest BCUT2D eigenvalue weighted by molar-refractivity contribution is 5.75. The van der Waals surface area contributed by atoms with Gasteiger partial charge in [-0.05, 0) is 25.5 Å². The summed E-state index contributed by atoms with van der Waals surface area (Å²) >= 11 is 0. The molecular formula is C13H18FNO3. The van der Waals surface area contributed by atoms with E-state index in [4.69, 9.17) is 4.74 Å². The fourth-order valence-corrected chi connectivity index (χ4v) is 1.52. The van der Waals surface area contributed by atoms with E-state index in [1.807, 2.05) is 0 Å². The summed E-state index contributed by atoms with van der Waals surface area (Å²) in [7, 11) is 1.57. The molecule has 1 atom stereocenters. The van der Waals surface area contributed by atoms with Crippen molar-refractivity contribution >= 4 is 5.91 Å². The third kappa shape index (κ3) is 4.33. The molecule has 1 aromatic rings. The molecule has 0 bridgehead atoms. The van der Waals surface area contributed by atoms with Crippen LogP contribution in [0.1, 0.15) is 31.4 Å². The lowest BCUT2D eigenvalue weighted by atomic mass is 10.1. The molecule has 0 unspecified atom stereocenters. The molecule has 1 aromatic carbocycles. The standard InChI is InChI=1S/C13H18FNO3/c1-9(16)11-6-5-10(14)8-12(11)18-7-3-4-13(17)15-2/h5-6,8-9,16H,3-4,7H2,1-2H3,(H,15,17)/t9-/m1/s1. The minimum atomic E-state index is -0.723. The topological polar surface area (TPSA) is 58.6 Å². The van der Waals surface area contributed by atoms with Gasteiger partial charge in [0.2, 0.25) is 5.91 Å². The number of hydrogen-bond acceptors (Lipinski definition) is 3. The Morgan fingerprint density at radius 3 is 2.89 bits per heavy atom. The van der Waals surface area contributed by atoms with Crippen molar-refractivity contribution in [1.82, 2.24) is 5.32 Å². The maximum atomic E-state index is 13.1. The third-order valence-corrected chi connectivity index (χ3v) is 2.51. The molecule has 0 aliphatic carbocycles. The van der Waals surface area contributed by atoms with Gasteiger partial charge in [-0.1, -0.05) is 0 Å². The zero-order valence-electron chi connectivity index (χ0n) is 10.6. The van der Waals surface area contributed by atoms with Gasteiger partial charge in [-0.15, -0.1) is 0 Å². The zero-order chi connectivity index (χ0) is 13.5. The minimum absolute atomic E-state index is 0.0615. The summed E-state index contributed by atoms with van der Waals surface area (Å²) in [6.07, 6.45) is 0.171. The summed E-state index contributed by atoms with van der Waals surface area (Å²) in [6, 6.07) is 4.01. The molecule has 0 fully saturated rings. The van der Waals surface area contributed by atoms with Crippen LogP contribution in [0.2, 0.25) is 0 Å². The molecule has 1 amide bonds. The Kier molecular flexibility index (Phi) is 5.58. The highest BCUT2D eigenvalue weighted by atomic mass is 19.1. The number of rotatable bonds is 6. The van der Waals surface area contributed by atoms with Crippen LogP contribution in [0.15, 0.2) is 18.2 Å². The second-order valence-corrected chi connectivity index (χ2v) is 3.98. The summed E-state index contributed by atoms with van der Waals surface area (Å²) in [6.45, 7) is 1.89. The Bertz CT molecular complexity index is 407. The molecule has 0 aromatic heterocycles. The van der Waals surface area contributed by atoms with Crippen LogP contribution in [0.3, 0.4) is 0 Å². The van der Waals surface area contributed by atoms with Crippen molar-refractivity contribution in [2.45, 2.75) is 25.9 Å². The average Bonchev–Trinajstić information content (AvgIpc) is 2.34. The quantitative estimate of drug-likeness (QED) is 0.762. The van der Waals surface area contributed by atoms with Gasteiger partial charge in [0.15, 0.2) is 0 Å². The summed E-state index contributed by atoms with van der Waals surface area (Å²) in [5, 5.41) is 12.0. The van der Waals surface area contributed by atoms with Crippen LogP contribution in [0.25, 0.3) is 0 Å². The first-order valence-corrected chi connectivity index (χ1v) is 5.85. The fraction of sp³-hybridized carbons (Fsp3) is 0.462. The molecule has 0 heterocycles. The fourth-order valence-electron chi connectivity index (χ4n) is 1.52. The first-order chi connectivity index (χ1) is 8.54. The van der Waals surface area contributed by atoms with Crippen molar-refractivity contribution in [3.8, 4) is 5.75 Å². The number of aliphatic hydroxyl groups is 1. The van der Waals surface area contributed by atoms with Crippen LogP contribution in [-0.4, -0.2) is 24.7 Å². The van der Waals surface area contributed by atoms with Crippen LogP contribution in [0.5, 0.6) is 5.75 Å². The molecule has 2 N–H and O–H groups in total. The van der Waals surface area contributed by atoms with E-state index in [0.717, 1.165) is 0 Å². The highest BCUT2D eigenvalue weighted by Crippen LogP contribution is 2.26. The Morgan fingerprint density at radius 1 is 1.56 bits per heavy atom. The lowest BCUT2D eigenvalue weighted by Gasteiger charge is -2.13. The third-order valence-electron chi connectivity index (χ3n) is 2.51. The Labute approximate surface area is 106 Å². The largest absolute Gasteiger partial charge is 0.493 e. The lowest BCUT2D eigenvalue weighted by Crippen LogP contribution is -2.18. The van der Waals surface area contributed by atoms with Gasteiger partial charge in [0.1, 0.15) is 11.6 Å². The van der Waals surface area contributed by atoms with Gasteiger partial charge in [-0.2, -0.15) is 0 Å². The molecule has 0 aliphatic rings. The number of halogens is 1. The first kappa shape index (κ1) is 14.4. The molecule has 18 heavy (non-hydrogen) atoms. The van der Waals surface area contributed by atoms with E-state index < -0.39 is 11.9 Å². The number of amides is 1. The number of benzene rings is 1. The van der Waals surface area contributed by atoms with E-state index >= 15 is 0 Å². The number of ether oxygens (including phenoxy) is 1. The zero-order valence-corrected chi connectivity index (χ0v) is 10.6. The van der Waals surface area contributed by atoms with Crippen molar-refractivity contribution in [1.29, 1.82) is 0 Å². The van der Waals surface area contributed by atoms with Gasteiger partial charge >= 0.3 is 0 Å². The average molecular weight is 255 g/mol. The van der Waals surface area contributed by atoms with Crippen LogP contribution >= 0.6 is 0 Å². The number of carbonyl (C=O) groups is 1. The molecule has 4 nitrogen and oxygen atoms in total. The maximum Gasteiger partial charge on any atom is 0.219 e. The van der Waals surface area contributed by atoms with Gasteiger partial charge in [-0.25, -0.2) is 4.39 Å². The van der Waals surface area contributed by atoms with E-state index in [2.05, 4.69) is 5.32 Å². The lowest BCUT2D eigenvalue weighted by molar-refractivity contribution is -0.120. The maximum absolute atomic E-state index is 13.1. The first-order valence-electron chi connectivity index (χ1n) is 5.85. The monoisotopic (exact) mass is 255 g/mol. The van der Waals surface area contributed by atoms with Crippen LogP contribution in [0.4, 0.5) is 4.39 Å². The number of hydrogen-bond donors (Lipinski definition) is 2. The normalized spacial score (nSPS) is 12.0. The number of carbonyl (C=O) groups excluding carboxylic acids is 1. The molecule has 0 saturated carbocycles. The second kappa shape index (κ2) is 6.96. The predicted octanol–water partition coefficient (Wildman–Crippen LogP) is 1.78. The van der Waals surface area contributed by atoms with Gasteiger partial charge < -0.3 is 15.2 Å². The van der Waals surface area contributed by atoms with Crippen LogP contribution < -0.4 is 10.1 Å². The summed E-state index contributed by atoms with van der Waals surface area (Å²) in [5.74, 6) is -0.156. The summed E-state index contributed by atoms with van der Waals surface area (Å²) < 4.78 is 18.5. The number of nitrogens with one attached hydrogen (secondary N) is 1.